The average molecular weight is 362 g/mol. The summed E-state index contributed by atoms with van der Waals surface area (Å²) in [6.45, 7) is 2.31. The van der Waals surface area contributed by atoms with E-state index in [0.29, 0.717) is 6.54 Å². The van der Waals surface area contributed by atoms with Gasteiger partial charge in [0.1, 0.15) is 5.75 Å². The molecule has 0 aromatic heterocycles. The zero-order valence-electron chi connectivity index (χ0n) is 14.6. The highest BCUT2D eigenvalue weighted by molar-refractivity contribution is 5.94. The molecule has 0 spiro atoms. The quantitative estimate of drug-likeness (QED) is 0.824. The second-order valence-corrected chi connectivity index (χ2v) is 5.67. The van der Waals surface area contributed by atoms with Crippen molar-refractivity contribution in [3.8, 4) is 5.75 Å². The Kier molecular flexibility index (Phi) is 6.66. The molecule has 0 atom stereocenters. The van der Waals surface area contributed by atoms with Crippen LogP contribution in [-0.2, 0) is 11.3 Å². The standard InChI is InChI=1S/C19H20F2N2O3/c1-13(24)23(12-14-3-6-16(26-2)7-4-14)10-9-22-19(25)15-5-8-17(20)18(21)11-15/h3-8,11H,9-10,12H2,1-2H3,(H,22,25). The van der Waals surface area contributed by atoms with Crippen molar-refractivity contribution >= 4 is 11.8 Å². The van der Waals surface area contributed by atoms with Crippen LogP contribution in [0.15, 0.2) is 42.5 Å². The molecule has 5 nitrogen and oxygen atoms in total. The molecule has 1 N–H and O–H groups in total. The summed E-state index contributed by atoms with van der Waals surface area (Å²) < 4.78 is 31.2. The monoisotopic (exact) mass is 362 g/mol. The Hall–Kier alpha value is -2.96. The highest BCUT2D eigenvalue weighted by Crippen LogP contribution is 2.13. The van der Waals surface area contributed by atoms with Gasteiger partial charge in [0.2, 0.25) is 5.91 Å². The van der Waals surface area contributed by atoms with E-state index in [4.69, 9.17) is 4.74 Å². The number of amides is 2. The van der Waals surface area contributed by atoms with Gasteiger partial charge in [-0.15, -0.1) is 0 Å². The summed E-state index contributed by atoms with van der Waals surface area (Å²) in [6.07, 6.45) is 0. The lowest BCUT2D eigenvalue weighted by Crippen LogP contribution is -2.37. The molecular formula is C19H20F2N2O3. The molecule has 0 saturated heterocycles. The molecule has 0 fully saturated rings. The Morgan fingerprint density at radius 1 is 1.08 bits per heavy atom. The van der Waals surface area contributed by atoms with Gasteiger partial charge in [0.25, 0.3) is 5.91 Å². The minimum Gasteiger partial charge on any atom is -0.497 e. The normalized spacial score (nSPS) is 10.3. The zero-order valence-corrected chi connectivity index (χ0v) is 14.6. The van der Waals surface area contributed by atoms with Crippen LogP contribution in [0, 0.1) is 11.6 Å². The molecule has 0 bridgehead atoms. The second kappa shape index (κ2) is 8.94. The molecule has 26 heavy (non-hydrogen) atoms. The lowest BCUT2D eigenvalue weighted by molar-refractivity contribution is -0.129. The van der Waals surface area contributed by atoms with E-state index in [1.54, 1.807) is 24.1 Å². The predicted octanol–water partition coefficient (Wildman–Crippen LogP) is 2.75. The van der Waals surface area contributed by atoms with Gasteiger partial charge in [-0.2, -0.15) is 0 Å². The maximum Gasteiger partial charge on any atom is 0.251 e. The number of methoxy groups -OCH3 is 1. The van der Waals surface area contributed by atoms with E-state index < -0.39 is 17.5 Å². The number of nitrogens with one attached hydrogen (secondary N) is 1. The van der Waals surface area contributed by atoms with Crippen LogP contribution in [0.2, 0.25) is 0 Å². The summed E-state index contributed by atoms with van der Waals surface area (Å²) in [5.41, 5.74) is 0.946. The first-order valence-electron chi connectivity index (χ1n) is 8.02. The van der Waals surface area contributed by atoms with Gasteiger partial charge >= 0.3 is 0 Å². The first kappa shape index (κ1) is 19.4. The highest BCUT2D eigenvalue weighted by Gasteiger charge is 2.12. The number of ether oxygens (including phenoxy) is 1. The molecule has 0 aliphatic heterocycles. The number of rotatable bonds is 7. The minimum atomic E-state index is -1.08. The highest BCUT2D eigenvalue weighted by atomic mass is 19.2. The van der Waals surface area contributed by atoms with Crippen LogP contribution in [0.1, 0.15) is 22.8 Å². The lowest BCUT2D eigenvalue weighted by Gasteiger charge is -2.21. The molecular weight excluding hydrogens is 342 g/mol. The topological polar surface area (TPSA) is 58.6 Å². The third-order valence-corrected chi connectivity index (χ3v) is 3.83. The largest absolute Gasteiger partial charge is 0.497 e. The third-order valence-electron chi connectivity index (χ3n) is 3.83. The van der Waals surface area contributed by atoms with Crippen molar-refractivity contribution in [3.05, 3.63) is 65.2 Å². The van der Waals surface area contributed by atoms with Crippen LogP contribution < -0.4 is 10.1 Å². The summed E-state index contributed by atoms with van der Waals surface area (Å²) in [5, 5.41) is 2.59. The van der Waals surface area contributed by atoms with Crippen molar-refractivity contribution in [3.63, 3.8) is 0 Å². The number of nitrogens with zero attached hydrogens (tertiary/aromatic N) is 1. The SMILES string of the molecule is COc1ccc(CN(CCNC(=O)c2ccc(F)c(F)c2)C(C)=O)cc1. The molecule has 7 heteroatoms. The number of carbonyl (C=O) groups excluding carboxylic acids is 2. The predicted molar refractivity (Wildman–Crippen MR) is 92.8 cm³/mol. The number of halogens is 2. The molecule has 0 radical (unpaired) electrons. The summed E-state index contributed by atoms with van der Waals surface area (Å²) in [7, 11) is 1.58. The second-order valence-electron chi connectivity index (χ2n) is 5.67. The summed E-state index contributed by atoms with van der Waals surface area (Å²) in [5.74, 6) is -2.03. The molecule has 2 rings (SSSR count). The first-order valence-corrected chi connectivity index (χ1v) is 8.02. The zero-order chi connectivity index (χ0) is 19.1. The molecule has 0 aliphatic carbocycles. The van der Waals surface area contributed by atoms with E-state index in [1.807, 2.05) is 12.1 Å². The number of benzene rings is 2. The maximum atomic E-state index is 13.2. The van der Waals surface area contributed by atoms with Crippen molar-refractivity contribution in [2.45, 2.75) is 13.5 Å². The van der Waals surface area contributed by atoms with Gasteiger partial charge in [-0.3, -0.25) is 9.59 Å². The van der Waals surface area contributed by atoms with Crippen LogP contribution in [0.5, 0.6) is 5.75 Å². The van der Waals surface area contributed by atoms with Gasteiger partial charge < -0.3 is 15.0 Å². The minimum absolute atomic E-state index is 0.0217. The molecule has 0 saturated carbocycles. The van der Waals surface area contributed by atoms with Crippen LogP contribution in [0.3, 0.4) is 0 Å². The Bertz CT molecular complexity index is 779. The smallest absolute Gasteiger partial charge is 0.251 e. The van der Waals surface area contributed by atoms with Gasteiger partial charge in [0.15, 0.2) is 11.6 Å². The number of hydrogen-bond acceptors (Lipinski definition) is 3. The van der Waals surface area contributed by atoms with Gasteiger partial charge in [-0.05, 0) is 35.9 Å². The Morgan fingerprint density at radius 2 is 1.77 bits per heavy atom. The summed E-state index contributed by atoms with van der Waals surface area (Å²) in [4.78, 5) is 25.3. The first-order chi connectivity index (χ1) is 12.4. The molecule has 2 aromatic carbocycles. The van der Waals surface area contributed by atoms with Crippen LogP contribution in [0.4, 0.5) is 8.78 Å². The fourth-order valence-corrected chi connectivity index (χ4v) is 2.34. The Morgan fingerprint density at radius 3 is 2.35 bits per heavy atom. The van der Waals surface area contributed by atoms with Gasteiger partial charge in [0, 0.05) is 32.1 Å². The van der Waals surface area contributed by atoms with Gasteiger partial charge in [-0.1, -0.05) is 12.1 Å². The van der Waals surface area contributed by atoms with E-state index in [0.717, 1.165) is 23.4 Å². The van der Waals surface area contributed by atoms with E-state index in [2.05, 4.69) is 5.32 Å². The Balaban J connectivity index is 1.90. The van der Waals surface area contributed by atoms with Crippen molar-refractivity contribution in [2.75, 3.05) is 20.2 Å². The number of hydrogen-bond donors (Lipinski definition) is 1. The van der Waals surface area contributed by atoms with Gasteiger partial charge in [-0.25, -0.2) is 8.78 Å². The fourth-order valence-electron chi connectivity index (χ4n) is 2.34. The van der Waals surface area contributed by atoms with Crippen molar-refractivity contribution < 1.29 is 23.1 Å². The summed E-state index contributed by atoms with van der Waals surface area (Å²) in [6, 6.07) is 10.3. The summed E-state index contributed by atoms with van der Waals surface area (Å²) >= 11 is 0. The van der Waals surface area contributed by atoms with Crippen LogP contribution in [-0.4, -0.2) is 36.9 Å². The van der Waals surface area contributed by atoms with Crippen LogP contribution >= 0.6 is 0 Å². The molecule has 0 aliphatic rings. The van der Waals surface area contributed by atoms with E-state index in [1.165, 1.54) is 13.0 Å². The molecule has 0 unspecified atom stereocenters. The average Bonchev–Trinajstić information content (AvgIpc) is 2.63. The van der Waals surface area contributed by atoms with Gasteiger partial charge in [0.05, 0.1) is 7.11 Å². The van der Waals surface area contributed by atoms with Crippen LogP contribution in [0.25, 0.3) is 0 Å². The molecule has 138 valence electrons. The van der Waals surface area contributed by atoms with Crippen molar-refractivity contribution in [2.24, 2.45) is 0 Å². The Labute approximate surface area is 150 Å². The molecule has 2 aromatic rings. The third kappa shape index (κ3) is 5.27. The number of carbonyl (C=O) groups is 2. The lowest BCUT2D eigenvalue weighted by atomic mass is 10.2. The molecule has 0 heterocycles. The van der Waals surface area contributed by atoms with E-state index >= 15 is 0 Å². The maximum absolute atomic E-state index is 13.2. The van der Waals surface area contributed by atoms with E-state index in [9.17, 15) is 18.4 Å². The molecule has 2 amide bonds. The fraction of sp³-hybridized carbons (Fsp3) is 0.263. The van der Waals surface area contributed by atoms with E-state index in [-0.39, 0.29) is 24.6 Å². The van der Waals surface area contributed by atoms with Crippen molar-refractivity contribution in [1.82, 2.24) is 10.2 Å². The van der Waals surface area contributed by atoms with Crippen molar-refractivity contribution in [1.29, 1.82) is 0 Å².